The van der Waals surface area contributed by atoms with Crippen molar-refractivity contribution in [2.24, 2.45) is 5.73 Å². The van der Waals surface area contributed by atoms with Crippen molar-refractivity contribution in [3.8, 4) is 0 Å². The second kappa shape index (κ2) is 8.81. The predicted octanol–water partition coefficient (Wildman–Crippen LogP) is -1.55. The normalized spacial score (nSPS) is 14.4. The van der Waals surface area contributed by atoms with Crippen LogP contribution in [0.5, 0.6) is 0 Å². The first-order valence-electron chi connectivity index (χ1n) is 5.38. The van der Waals surface area contributed by atoms with Gasteiger partial charge in [-0.15, -0.1) is 0 Å². The fraction of sp³-hybridized carbons (Fsp3) is 0.800. The number of hydrogen-bond donors (Lipinski definition) is 3. The predicted molar refractivity (Wildman–Crippen MR) is 62.4 cm³/mol. The first kappa shape index (κ1) is 16.8. The smallest absolute Gasteiger partial charge is 0.323 e. The molecule has 0 aromatic carbocycles. The number of carboxylic acid groups (broad SMARTS) is 2. The molecule has 0 aliphatic heterocycles. The summed E-state index contributed by atoms with van der Waals surface area (Å²) in [5.74, 6) is -2.32. The van der Waals surface area contributed by atoms with Gasteiger partial charge in [-0.25, -0.2) is 0 Å². The zero-order valence-corrected chi connectivity index (χ0v) is 10.5. The van der Waals surface area contributed by atoms with Crippen LogP contribution in [0.2, 0.25) is 0 Å². The number of ether oxygens (including phenoxy) is 2. The van der Waals surface area contributed by atoms with Gasteiger partial charge in [0.25, 0.3) is 0 Å². The van der Waals surface area contributed by atoms with Crippen LogP contribution in [0, 0.1) is 0 Å². The number of hydrogen-bond acceptors (Lipinski definition) is 6. The fourth-order valence-electron chi connectivity index (χ4n) is 1.61. The van der Waals surface area contributed by atoms with Crippen molar-refractivity contribution in [1.82, 2.24) is 4.90 Å². The number of rotatable bonds is 10. The Bertz CT molecular complexity index is 249. The molecule has 0 fully saturated rings. The summed E-state index contributed by atoms with van der Waals surface area (Å²) in [4.78, 5) is 23.5. The molecule has 2 unspecified atom stereocenters. The standard InChI is InChI=1S/C10H20N2O6/c1-17-5-7(9(13)14)12(4-3-11)8(6-18-2)10(15)16/h7-8H,3-6,11H2,1-2H3,(H,13,14)(H,15,16). The van der Waals surface area contributed by atoms with E-state index in [1.807, 2.05) is 0 Å². The first-order chi connectivity index (χ1) is 8.49. The minimum absolute atomic E-state index is 0.122. The maximum atomic E-state index is 11.1. The minimum atomic E-state index is -1.16. The van der Waals surface area contributed by atoms with Crippen LogP contribution in [-0.2, 0) is 19.1 Å². The lowest BCUT2D eigenvalue weighted by atomic mass is 10.1. The third-order valence-electron chi connectivity index (χ3n) is 2.41. The van der Waals surface area contributed by atoms with E-state index < -0.39 is 24.0 Å². The maximum absolute atomic E-state index is 11.1. The van der Waals surface area contributed by atoms with E-state index >= 15 is 0 Å². The summed E-state index contributed by atoms with van der Waals surface area (Å²) in [6.45, 7) is 0.0211. The van der Waals surface area contributed by atoms with Crippen molar-refractivity contribution in [2.75, 3.05) is 40.5 Å². The molecule has 0 bridgehead atoms. The van der Waals surface area contributed by atoms with Crippen LogP contribution in [0.25, 0.3) is 0 Å². The molecule has 0 aromatic rings. The van der Waals surface area contributed by atoms with Gasteiger partial charge in [-0.3, -0.25) is 14.5 Å². The van der Waals surface area contributed by atoms with Gasteiger partial charge in [0, 0.05) is 27.3 Å². The molecule has 0 aromatic heterocycles. The van der Waals surface area contributed by atoms with Crippen LogP contribution in [0.1, 0.15) is 0 Å². The highest BCUT2D eigenvalue weighted by atomic mass is 16.5. The van der Waals surface area contributed by atoms with Gasteiger partial charge in [0.15, 0.2) is 0 Å². The van der Waals surface area contributed by atoms with Gasteiger partial charge in [-0.05, 0) is 0 Å². The summed E-state index contributed by atoms with van der Waals surface area (Å²) < 4.78 is 9.61. The van der Waals surface area contributed by atoms with Crippen molar-refractivity contribution < 1.29 is 29.3 Å². The van der Waals surface area contributed by atoms with E-state index in [2.05, 4.69) is 0 Å². The summed E-state index contributed by atoms with van der Waals surface area (Å²) in [7, 11) is 2.70. The lowest BCUT2D eigenvalue weighted by Gasteiger charge is -2.32. The van der Waals surface area contributed by atoms with Crippen LogP contribution >= 0.6 is 0 Å². The van der Waals surface area contributed by atoms with Gasteiger partial charge in [0.1, 0.15) is 12.1 Å². The summed E-state index contributed by atoms with van der Waals surface area (Å²) in [6.07, 6.45) is 0. The summed E-state index contributed by atoms with van der Waals surface area (Å²) in [6, 6.07) is -2.15. The third-order valence-corrected chi connectivity index (χ3v) is 2.41. The number of carboxylic acids is 2. The zero-order chi connectivity index (χ0) is 14.1. The van der Waals surface area contributed by atoms with E-state index in [4.69, 9.17) is 25.4 Å². The zero-order valence-electron chi connectivity index (χ0n) is 10.5. The summed E-state index contributed by atoms with van der Waals surface area (Å²) >= 11 is 0. The molecule has 8 heteroatoms. The SMILES string of the molecule is COCC(C(=O)O)N(CCN)C(COC)C(=O)O. The first-order valence-corrected chi connectivity index (χ1v) is 5.38. The van der Waals surface area contributed by atoms with Gasteiger partial charge >= 0.3 is 11.9 Å². The fourth-order valence-corrected chi connectivity index (χ4v) is 1.61. The molecular formula is C10H20N2O6. The highest BCUT2D eigenvalue weighted by Crippen LogP contribution is 2.08. The van der Waals surface area contributed by atoms with E-state index in [9.17, 15) is 9.59 Å². The van der Waals surface area contributed by atoms with Crippen LogP contribution < -0.4 is 5.73 Å². The highest BCUT2D eigenvalue weighted by molar-refractivity contribution is 5.77. The van der Waals surface area contributed by atoms with Gasteiger partial charge in [0.2, 0.25) is 0 Å². The van der Waals surface area contributed by atoms with Gasteiger partial charge in [0.05, 0.1) is 13.2 Å². The summed E-state index contributed by atoms with van der Waals surface area (Å²) in [5, 5.41) is 18.2. The molecule has 0 spiro atoms. The van der Waals surface area contributed by atoms with E-state index in [-0.39, 0.29) is 26.3 Å². The van der Waals surface area contributed by atoms with E-state index in [0.717, 1.165) is 0 Å². The topological polar surface area (TPSA) is 122 Å². The molecule has 0 saturated carbocycles. The average Bonchev–Trinajstić information content (AvgIpc) is 2.30. The molecule has 0 radical (unpaired) electrons. The number of carbonyl (C=O) groups is 2. The van der Waals surface area contributed by atoms with Gasteiger partial charge in [-0.1, -0.05) is 0 Å². The number of methoxy groups -OCH3 is 2. The Hall–Kier alpha value is -1.22. The molecule has 2 atom stereocenters. The maximum Gasteiger partial charge on any atom is 0.323 e. The lowest BCUT2D eigenvalue weighted by molar-refractivity contribution is -0.154. The second-order valence-corrected chi connectivity index (χ2v) is 3.65. The third kappa shape index (κ3) is 4.96. The Balaban J connectivity index is 5.06. The second-order valence-electron chi connectivity index (χ2n) is 3.65. The molecule has 8 nitrogen and oxygen atoms in total. The van der Waals surface area contributed by atoms with Gasteiger partial charge in [-0.2, -0.15) is 0 Å². The molecule has 4 N–H and O–H groups in total. The Morgan fingerprint density at radius 2 is 1.50 bits per heavy atom. The number of nitrogens with two attached hydrogens (primary N) is 1. The van der Waals surface area contributed by atoms with Crippen LogP contribution in [0.4, 0.5) is 0 Å². The minimum Gasteiger partial charge on any atom is -0.480 e. The molecule has 18 heavy (non-hydrogen) atoms. The molecule has 0 amide bonds. The van der Waals surface area contributed by atoms with E-state index in [0.29, 0.717) is 0 Å². The monoisotopic (exact) mass is 264 g/mol. The van der Waals surface area contributed by atoms with Crippen LogP contribution in [0.3, 0.4) is 0 Å². The van der Waals surface area contributed by atoms with Gasteiger partial charge < -0.3 is 25.4 Å². The van der Waals surface area contributed by atoms with Crippen molar-refractivity contribution >= 4 is 11.9 Å². The van der Waals surface area contributed by atoms with E-state index in [1.54, 1.807) is 0 Å². The molecule has 0 heterocycles. The molecule has 0 saturated heterocycles. The Labute approximate surface area is 105 Å². The largest absolute Gasteiger partial charge is 0.480 e. The van der Waals surface area contributed by atoms with Crippen molar-refractivity contribution in [1.29, 1.82) is 0 Å². The van der Waals surface area contributed by atoms with Crippen molar-refractivity contribution in [2.45, 2.75) is 12.1 Å². The molecule has 0 aliphatic carbocycles. The quantitative estimate of drug-likeness (QED) is 0.433. The van der Waals surface area contributed by atoms with Crippen molar-refractivity contribution in [3.05, 3.63) is 0 Å². The Morgan fingerprint density at radius 3 is 1.72 bits per heavy atom. The molecule has 0 rings (SSSR count). The van der Waals surface area contributed by atoms with Crippen LogP contribution in [0.15, 0.2) is 0 Å². The molecule has 106 valence electrons. The number of nitrogens with zero attached hydrogens (tertiary/aromatic N) is 1. The van der Waals surface area contributed by atoms with E-state index in [1.165, 1.54) is 19.1 Å². The van der Waals surface area contributed by atoms with Crippen LogP contribution in [-0.4, -0.2) is 79.7 Å². The Kier molecular flexibility index (Phi) is 8.21. The van der Waals surface area contributed by atoms with Crippen molar-refractivity contribution in [3.63, 3.8) is 0 Å². The lowest BCUT2D eigenvalue weighted by Crippen LogP contribution is -2.55. The molecule has 0 aliphatic rings. The average molecular weight is 264 g/mol. The molecular weight excluding hydrogens is 244 g/mol. The highest BCUT2D eigenvalue weighted by Gasteiger charge is 2.34. The number of aliphatic carboxylic acids is 2. The Morgan fingerprint density at radius 1 is 1.11 bits per heavy atom. The summed E-state index contributed by atoms with van der Waals surface area (Å²) in [5.41, 5.74) is 5.39.